The highest BCUT2D eigenvalue weighted by molar-refractivity contribution is 6.14. The lowest BCUT2D eigenvalue weighted by Gasteiger charge is -2.38. The zero-order valence-electron chi connectivity index (χ0n) is 81.3. The Labute approximate surface area is 798 Å². The third-order valence-electron chi connectivity index (χ3n) is 25.7. The molecule has 710 valence electrons. The number of carbonyl (C=O) groups excluding carboxylic acids is 3. The topological polar surface area (TPSA) is 286 Å². The van der Waals surface area contributed by atoms with Crippen LogP contribution in [-0.4, -0.2) is 215 Å². The molecule has 8 aromatic carbocycles. The van der Waals surface area contributed by atoms with E-state index in [-0.39, 0.29) is 18.1 Å². The van der Waals surface area contributed by atoms with Crippen LogP contribution in [0.3, 0.4) is 0 Å². The summed E-state index contributed by atoms with van der Waals surface area (Å²) in [4.78, 5) is 101. The highest BCUT2D eigenvalue weighted by Crippen LogP contribution is 2.47. The van der Waals surface area contributed by atoms with Gasteiger partial charge in [0.1, 0.15) is 52.0 Å². The largest absolute Gasteiger partial charge is 0.497 e. The van der Waals surface area contributed by atoms with Crippen molar-refractivity contribution < 1.29 is 42.8 Å². The van der Waals surface area contributed by atoms with E-state index in [2.05, 4.69) is 120 Å². The molecule has 3 saturated heterocycles. The number of hydrogen-bond donors (Lipinski definition) is 3. The Morgan fingerprint density at radius 3 is 1.30 bits per heavy atom. The monoisotopic (exact) mass is 1840 g/mol. The molecule has 6 aliphatic rings. The number of nitrogen functional groups attached to an aromatic ring is 1. The molecule has 31 nitrogen and oxygen atoms in total. The number of nitrogens with zero attached hydrogens (tertiary/aromatic N) is 19. The highest BCUT2D eigenvalue weighted by atomic mass is 16.5. The summed E-state index contributed by atoms with van der Waals surface area (Å²) in [6.07, 6.45) is 11.3. The van der Waals surface area contributed by atoms with Crippen molar-refractivity contribution in [3.8, 4) is 34.5 Å². The van der Waals surface area contributed by atoms with Crippen LogP contribution in [0, 0.1) is 41.5 Å². The third kappa shape index (κ3) is 21.8. The fraction of sp³-hybridized carbons (Fsp3) is 0.352. The number of aromatic nitrogens is 7. The predicted octanol–water partition coefficient (Wildman–Crippen LogP) is 18.7. The first-order chi connectivity index (χ1) is 65.9. The van der Waals surface area contributed by atoms with Gasteiger partial charge in [0.25, 0.3) is 0 Å². The molecule has 0 bridgehead atoms. The number of urea groups is 3. The maximum absolute atomic E-state index is 14.6. The molecule has 0 saturated carbocycles. The van der Waals surface area contributed by atoms with E-state index < -0.39 is 0 Å². The van der Waals surface area contributed by atoms with Crippen molar-refractivity contribution in [3.05, 3.63) is 256 Å². The minimum atomic E-state index is -0.266. The first kappa shape index (κ1) is 96.2. The number of pyridine rings is 1. The van der Waals surface area contributed by atoms with Crippen molar-refractivity contribution in [2.45, 2.75) is 107 Å². The van der Waals surface area contributed by atoms with Crippen molar-refractivity contribution in [1.29, 1.82) is 0 Å². The van der Waals surface area contributed by atoms with E-state index >= 15 is 0 Å². The van der Waals surface area contributed by atoms with Gasteiger partial charge in [-0.3, -0.25) is 19.6 Å². The third-order valence-corrected chi connectivity index (χ3v) is 25.7. The van der Waals surface area contributed by atoms with Crippen LogP contribution < -0.4 is 84.0 Å². The van der Waals surface area contributed by atoms with Crippen molar-refractivity contribution in [2.75, 3.05) is 198 Å². The zero-order valence-corrected chi connectivity index (χ0v) is 81.3. The Kier molecular flexibility index (Phi) is 30.9. The number of hydrogen-bond acceptors (Lipinski definition) is 25. The van der Waals surface area contributed by atoms with Gasteiger partial charge in [-0.05, 0) is 218 Å². The number of fused-ring (bicyclic) bond motifs is 3. The molecule has 0 radical (unpaired) electrons. The van der Waals surface area contributed by atoms with Crippen LogP contribution in [0.2, 0.25) is 0 Å². The molecule has 0 atom stereocenters. The lowest BCUT2D eigenvalue weighted by Crippen LogP contribution is -2.46. The average Bonchev–Trinajstić information content (AvgIpc) is 0.885. The summed E-state index contributed by atoms with van der Waals surface area (Å²) in [6, 6.07) is 52.4. The Morgan fingerprint density at radius 2 is 0.846 bits per heavy atom. The molecule has 0 unspecified atom stereocenters. The number of piperazine rings is 2. The Hall–Kier alpha value is -14.4. The van der Waals surface area contributed by atoms with Crippen molar-refractivity contribution in [1.82, 2.24) is 54.5 Å². The van der Waals surface area contributed by atoms with Crippen molar-refractivity contribution >= 4 is 110 Å². The average molecular weight is 1840 g/mol. The number of anilines is 16. The van der Waals surface area contributed by atoms with E-state index in [4.69, 9.17) is 54.1 Å². The van der Waals surface area contributed by atoms with Gasteiger partial charge in [0, 0.05) is 155 Å². The summed E-state index contributed by atoms with van der Waals surface area (Å²) in [5, 5.41) is 6.51. The van der Waals surface area contributed by atoms with E-state index in [1.165, 1.54) is 41.8 Å². The number of nitrogens with two attached hydrogens (primary N) is 1. The Balaban J connectivity index is 0.000000151. The van der Waals surface area contributed by atoms with E-state index in [1.54, 1.807) is 140 Å². The molecule has 10 heterocycles. The number of piperidine rings is 1. The number of para-hydroxylation sites is 3. The molecule has 136 heavy (non-hydrogen) atoms. The fourth-order valence-corrected chi connectivity index (χ4v) is 17.9. The summed E-state index contributed by atoms with van der Waals surface area (Å²) < 4.78 is 33.1. The number of benzene rings is 8. The first-order valence-electron chi connectivity index (χ1n) is 46.4. The van der Waals surface area contributed by atoms with E-state index in [1.807, 2.05) is 132 Å². The zero-order chi connectivity index (χ0) is 96.0. The van der Waals surface area contributed by atoms with Crippen LogP contribution >= 0.6 is 0 Å². The van der Waals surface area contributed by atoms with Gasteiger partial charge < -0.3 is 69.3 Å². The van der Waals surface area contributed by atoms with Crippen LogP contribution in [0.25, 0.3) is 0 Å². The van der Waals surface area contributed by atoms with E-state index in [9.17, 15) is 14.4 Å². The molecule has 4 N–H and O–H groups in total. The minimum Gasteiger partial charge on any atom is -0.497 e. The fourth-order valence-electron chi connectivity index (χ4n) is 17.9. The minimum absolute atomic E-state index is 0.192. The summed E-state index contributed by atoms with van der Waals surface area (Å²) in [5.74, 6) is 6.74. The second-order valence-electron chi connectivity index (χ2n) is 35.0. The Bertz CT molecular complexity index is 6160. The molecule has 18 rings (SSSR count). The molecular formula is C105H126N22O9. The van der Waals surface area contributed by atoms with E-state index in [0.717, 1.165) is 158 Å². The Morgan fingerprint density at radius 1 is 0.404 bits per heavy atom. The molecule has 4 aromatic heterocycles. The summed E-state index contributed by atoms with van der Waals surface area (Å²) in [5.41, 5.74) is 25.2. The number of amides is 6. The predicted molar refractivity (Wildman–Crippen MR) is 542 cm³/mol. The van der Waals surface area contributed by atoms with Crippen LogP contribution in [0.5, 0.6) is 34.5 Å². The first-order valence-corrected chi connectivity index (χ1v) is 46.4. The summed E-state index contributed by atoms with van der Waals surface area (Å²) in [7, 11) is 16.0. The molecule has 0 spiro atoms. The number of methoxy groups -OCH3 is 6. The van der Waals surface area contributed by atoms with Crippen LogP contribution in [0.4, 0.5) is 106 Å². The maximum Gasteiger partial charge on any atom is 0.336 e. The second kappa shape index (κ2) is 43.7. The van der Waals surface area contributed by atoms with Gasteiger partial charge in [0.2, 0.25) is 11.9 Å². The lowest BCUT2D eigenvalue weighted by atomic mass is 10.0. The van der Waals surface area contributed by atoms with Gasteiger partial charge in [0.05, 0.1) is 103 Å². The molecule has 0 aliphatic carbocycles. The molecule has 6 aliphatic heterocycles. The van der Waals surface area contributed by atoms with E-state index in [0.29, 0.717) is 124 Å². The molecular weight excluding hydrogens is 1710 g/mol. The van der Waals surface area contributed by atoms with Gasteiger partial charge in [-0.2, -0.15) is 9.97 Å². The van der Waals surface area contributed by atoms with Crippen molar-refractivity contribution in [2.24, 2.45) is 0 Å². The normalized spacial score (nSPS) is 15.1. The maximum atomic E-state index is 14.6. The number of likely N-dealkylation sites (N-methyl/N-ethyl adjacent to an activating group) is 2. The van der Waals surface area contributed by atoms with Crippen LogP contribution in [0.15, 0.2) is 189 Å². The van der Waals surface area contributed by atoms with Crippen LogP contribution in [-0.2, 0) is 32.6 Å². The van der Waals surface area contributed by atoms with Gasteiger partial charge in [-0.15, -0.1) is 0 Å². The van der Waals surface area contributed by atoms with Gasteiger partial charge in [-0.25, -0.2) is 54.0 Å². The summed E-state index contributed by atoms with van der Waals surface area (Å²) in [6.45, 7) is 31.3. The summed E-state index contributed by atoms with van der Waals surface area (Å²) >= 11 is 0. The molecule has 31 heteroatoms. The molecule has 12 aromatic rings. The highest BCUT2D eigenvalue weighted by Gasteiger charge is 2.41. The number of nitrogens with one attached hydrogen (secondary N) is 2. The molecule has 3 fully saturated rings. The number of rotatable bonds is 24. The van der Waals surface area contributed by atoms with Gasteiger partial charge in [0.15, 0.2) is 11.6 Å². The van der Waals surface area contributed by atoms with Crippen LogP contribution in [0.1, 0.15) is 100 Å². The lowest BCUT2D eigenvalue weighted by molar-refractivity contribution is 0.148. The van der Waals surface area contributed by atoms with Gasteiger partial charge in [-0.1, -0.05) is 80.6 Å². The van der Waals surface area contributed by atoms with Crippen molar-refractivity contribution in [3.63, 3.8) is 0 Å². The van der Waals surface area contributed by atoms with Gasteiger partial charge >= 0.3 is 18.1 Å². The SMILES string of the molecule is CCN(C)CC.COc1ccc(N2C(=O)N(c3c(C)cccc3C)Cc3cnc(Cc4cc(N5CCCCC5)cc(N5CCN(C)CC5)c4)nc32)c(OC)c1.COc1ccc(N2C(=O)N(c3c(C)cccc3C)Cc3cnc(Nc4ccc(CN5CCN(C)CC5)cc4)nc32)nc1.COc1ccc(N2C(=O)N(c3c(C)cccc3C)Cc3cnc(Nc4ccc(N)cc4OC)nc32)c(OC)c1. The second-order valence-corrected chi connectivity index (χ2v) is 35.0. The smallest absolute Gasteiger partial charge is 0.336 e. The molecule has 6 amide bonds. The number of aryl methyl sites for hydroxylation is 6. The quantitative estimate of drug-likeness (QED) is 0.0474. The standard InChI is InChI=1S/C39H47N7O3.C32H36N8O2.C29H30N6O4.C5H13N/c1-27-10-9-11-28(2)37(27)45-26-30-25-40-36(41-38(30)46(39(45)47)34-13-12-33(48-4)24-35(34)49-5)22-29-20-31(43-14-7-6-8-15-43)23-32(21-29)44-18-16-42(3)17-19-44;1-22-6-5-7-23(2)29(22)39-21-25-18-34-31(36-30(25)40(32(39)41)28-13-12-27(42-4)19-33-28)35-26-10-8-24(9-11-26)20-38-16-14-37(3)15-17-38;1-17-7-6-8-18(2)26(17)34-16-19-15-31-28(32-22-11-9-20(30)13-24(22)38-4)33-27(19)35(29(34)36)23-12-10-21(37-3)14-25(23)39-5;1-4-6(3)5-2/h9-13,20-21,23-25H,6-8,14-19,22,26H2,1-5H3;5-13,18-19H,14-17,20-21H2,1-4H3,(H,34,35,36);6-15H,16,30H2,1-5H3,(H,31,32,33);4-5H2,1-3H3. The number of carbonyl (C=O) groups is 3. The number of ether oxygens (including phenoxy) is 6.